The number of aromatic nitrogens is 1. The lowest BCUT2D eigenvalue weighted by Gasteiger charge is -2.20. The maximum absolute atomic E-state index is 13.4. The molecule has 1 N–H and O–H groups in total. The maximum atomic E-state index is 13.4. The van der Waals surface area contributed by atoms with Gasteiger partial charge in [-0.3, -0.25) is 9.59 Å². The van der Waals surface area contributed by atoms with E-state index in [0.717, 1.165) is 10.4 Å². The standard InChI is InChI=1S/C23H22FN3O4S/c1-30-17-6-7-19(20(11-17)31-2)27-13-15(10-21(27)28)22(29)26-23-25-12-18(32-23)9-14-4-3-5-16(24)8-14/h3-8,11-12,15H,9-10,13H2,1-2H3,(H,25,26,29). The van der Waals surface area contributed by atoms with Crippen molar-refractivity contribution in [1.82, 2.24) is 4.98 Å². The Morgan fingerprint density at radius 2 is 2.09 bits per heavy atom. The molecule has 0 radical (unpaired) electrons. The number of hydrogen-bond donors (Lipinski definition) is 1. The largest absolute Gasteiger partial charge is 0.497 e. The molecular weight excluding hydrogens is 433 g/mol. The Kier molecular flexibility index (Phi) is 6.36. The molecule has 1 aromatic heterocycles. The van der Waals surface area contributed by atoms with Crippen LogP contribution in [0.3, 0.4) is 0 Å². The molecule has 2 aromatic carbocycles. The lowest BCUT2D eigenvalue weighted by atomic mass is 10.1. The average Bonchev–Trinajstić information content (AvgIpc) is 3.39. The van der Waals surface area contributed by atoms with Gasteiger partial charge in [-0.15, -0.1) is 11.3 Å². The van der Waals surface area contributed by atoms with E-state index in [0.29, 0.717) is 28.7 Å². The van der Waals surface area contributed by atoms with Gasteiger partial charge < -0.3 is 19.7 Å². The Labute approximate surface area is 188 Å². The second kappa shape index (κ2) is 9.35. The molecule has 32 heavy (non-hydrogen) atoms. The first-order valence-corrected chi connectivity index (χ1v) is 10.8. The van der Waals surface area contributed by atoms with Gasteiger partial charge in [-0.2, -0.15) is 0 Å². The summed E-state index contributed by atoms with van der Waals surface area (Å²) in [5, 5.41) is 3.26. The zero-order chi connectivity index (χ0) is 22.7. The minimum absolute atomic E-state index is 0.0997. The maximum Gasteiger partial charge on any atom is 0.231 e. The Morgan fingerprint density at radius 1 is 1.25 bits per heavy atom. The average molecular weight is 456 g/mol. The van der Waals surface area contributed by atoms with Crippen LogP contribution in [0.1, 0.15) is 16.9 Å². The van der Waals surface area contributed by atoms with Crippen molar-refractivity contribution in [1.29, 1.82) is 0 Å². The molecule has 1 aliphatic heterocycles. The molecule has 0 aliphatic carbocycles. The minimum Gasteiger partial charge on any atom is -0.497 e. The molecule has 1 fully saturated rings. The first-order valence-electron chi connectivity index (χ1n) is 9.99. The SMILES string of the molecule is COc1ccc(N2CC(C(=O)Nc3ncc(Cc4cccc(F)c4)s3)CC2=O)c(OC)c1. The van der Waals surface area contributed by atoms with Crippen molar-refractivity contribution in [2.75, 3.05) is 31.0 Å². The molecule has 2 heterocycles. The summed E-state index contributed by atoms with van der Waals surface area (Å²) in [6.45, 7) is 0.245. The molecule has 9 heteroatoms. The first kappa shape index (κ1) is 21.8. The smallest absolute Gasteiger partial charge is 0.231 e. The molecule has 0 spiro atoms. The number of nitrogens with zero attached hydrogens (tertiary/aromatic N) is 2. The van der Waals surface area contributed by atoms with Gasteiger partial charge in [0.1, 0.15) is 17.3 Å². The summed E-state index contributed by atoms with van der Waals surface area (Å²) in [4.78, 5) is 32.1. The molecular formula is C23H22FN3O4S. The number of amides is 2. The number of rotatable bonds is 7. The predicted molar refractivity (Wildman–Crippen MR) is 120 cm³/mol. The van der Waals surface area contributed by atoms with Crippen LogP contribution in [-0.4, -0.2) is 37.6 Å². The number of benzene rings is 2. The van der Waals surface area contributed by atoms with Crippen LogP contribution in [0.4, 0.5) is 15.2 Å². The van der Waals surface area contributed by atoms with Crippen LogP contribution in [0.25, 0.3) is 0 Å². The fourth-order valence-electron chi connectivity index (χ4n) is 3.63. The molecule has 7 nitrogen and oxygen atoms in total. The number of carbonyl (C=O) groups is 2. The lowest BCUT2D eigenvalue weighted by molar-refractivity contribution is -0.122. The highest BCUT2D eigenvalue weighted by Crippen LogP contribution is 2.36. The van der Waals surface area contributed by atoms with Crippen molar-refractivity contribution in [3.63, 3.8) is 0 Å². The highest BCUT2D eigenvalue weighted by Gasteiger charge is 2.36. The van der Waals surface area contributed by atoms with E-state index in [2.05, 4.69) is 10.3 Å². The van der Waals surface area contributed by atoms with E-state index in [1.54, 1.807) is 42.5 Å². The van der Waals surface area contributed by atoms with Gasteiger partial charge in [0.05, 0.1) is 25.8 Å². The van der Waals surface area contributed by atoms with Crippen molar-refractivity contribution < 1.29 is 23.5 Å². The molecule has 0 bridgehead atoms. The zero-order valence-corrected chi connectivity index (χ0v) is 18.4. The number of nitrogens with one attached hydrogen (secondary N) is 1. The minimum atomic E-state index is -0.509. The van der Waals surface area contributed by atoms with Crippen LogP contribution in [0.2, 0.25) is 0 Å². The van der Waals surface area contributed by atoms with Crippen LogP contribution in [0, 0.1) is 11.7 Å². The molecule has 166 valence electrons. The summed E-state index contributed by atoms with van der Waals surface area (Å²) in [6, 6.07) is 11.6. The Hall–Kier alpha value is -3.46. The molecule has 2 amide bonds. The predicted octanol–water partition coefficient (Wildman–Crippen LogP) is 3.88. The quantitative estimate of drug-likeness (QED) is 0.585. The van der Waals surface area contributed by atoms with E-state index in [-0.39, 0.29) is 30.6 Å². The zero-order valence-electron chi connectivity index (χ0n) is 17.6. The summed E-state index contributed by atoms with van der Waals surface area (Å²) < 4.78 is 24.0. The van der Waals surface area contributed by atoms with E-state index in [9.17, 15) is 14.0 Å². The van der Waals surface area contributed by atoms with Crippen LogP contribution in [0.5, 0.6) is 11.5 Å². The van der Waals surface area contributed by atoms with Crippen molar-refractivity contribution in [3.05, 3.63) is 64.9 Å². The monoisotopic (exact) mass is 455 g/mol. The summed E-state index contributed by atoms with van der Waals surface area (Å²) in [6.07, 6.45) is 2.29. The number of methoxy groups -OCH3 is 2. The van der Waals surface area contributed by atoms with Crippen molar-refractivity contribution >= 4 is 34.0 Å². The Morgan fingerprint density at radius 3 is 2.84 bits per heavy atom. The van der Waals surface area contributed by atoms with E-state index < -0.39 is 5.92 Å². The van der Waals surface area contributed by atoms with Gasteiger partial charge >= 0.3 is 0 Å². The highest BCUT2D eigenvalue weighted by atomic mass is 32.1. The summed E-state index contributed by atoms with van der Waals surface area (Å²) in [5.74, 6) is -0.0982. The molecule has 3 aromatic rings. The van der Waals surface area contributed by atoms with Crippen LogP contribution < -0.4 is 19.7 Å². The van der Waals surface area contributed by atoms with Gasteiger partial charge in [0.25, 0.3) is 0 Å². The number of halogens is 1. The third kappa shape index (κ3) is 4.72. The second-order valence-electron chi connectivity index (χ2n) is 7.37. The van der Waals surface area contributed by atoms with Crippen molar-refractivity contribution in [3.8, 4) is 11.5 Å². The summed E-state index contributed by atoms with van der Waals surface area (Å²) in [7, 11) is 3.07. The van der Waals surface area contributed by atoms with Crippen LogP contribution in [0.15, 0.2) is 48.7 Å². The molecule has 0 saturated carbocycles. The topological polar surface area (TPSA) is 80.8 Å². The van der Waals surface area contributed by atoms with E-state index in [4.69, 9.17) is 9.47 Å². The third-order valence-corrected chi connectivity index (χ3v) is 6.14. The van der Waals surface area contributed by atoms with Crippen LogP contribution >= 0.6 is 11.3 Å². The fourth-order valence-corrected chi connectivity index (χ4v) is 4.48. The van der Waals surface area contributed by atoms with Gasteiger partial charge in [-0.25, -0.2) is 9.37 Å². The summed E-state index contributed by atoms with van der Waals surface area (Å²) in [5.41, 5.74) is 1.43. The van der Waals surface area contributed by atoms with E-state index in [1.807, 2.05) is 6.07 Å². The molecule has 1 atom stereocenters. The number of ether oxygens (including phenoxy) is 2. The van der Waals surface area contributed by atoms with Crippen LogP contribution in [-0.2, 0) is 16.0 Å². The number of anilines is 2. The van der Waals surface area contributed by atoms with Gasteiger partial charge in [0.2, 0.25) is 11.8 Å². The van der Waals surface area contributed by atoms with E-state index in [1.165, 1.54) is 30.6 Å². The molecule has 4 rings (SSSR count). The Bertz CT molecular complexity index is 1150. The number of carbonyl (C=O) groups excluding carboxylic acids is 2. The van der Waals surface area contributed by atoms with Gasteiger partial charge in [-0.05, 0) is 29.8 Å². The van der Waals surface area contributed by atoms with Gasteiger partial charge in [0.15, 0.2) is 5.13 Å². The van der Waals surface area contributed by atoms with Gasteiger partial charge in [0, 0.05) is 36.5 Å². The first-order chi connectivity index (χ1) is 15.5. The third-order valence-electron chi connectivity index (χ3n) is 5.22. The number of hydrogen-bond acceptors (Lipinski definition) is 6. The highest BCUT2D eigenvalue weighted by molar-refractivity contribution is 7.15. The molecule has 1 aliphatic rings. The van der Waals surface area contributed by atoms with Gasteiger partial charge in [-0.1, -0.05) is 12.1 Å². The molecule has 1 unspecified atom stereocenters. The summed E-state index contributed by atoms with van der Waals surface area (Å²) >= 11 is 1.33. The lowest BCUT2D eigenvalue weighted by Crippen LogP contribution is -2.28. The van der Waals surface area contributed by atoms with Crippen molar-refractivity contribution in [2.45, 2.75) is 12.8 Å². The normalized spacial score (nSPS) is 15.7. The van der Waals surface area contributed by atoms with E-state index >= 15 is 0 Å². The Balaban J connectivity index is 1.41. The number of thiazole rings is 1. The second-order valence-corrected chi connectivity index (χ2v) is 8.49. The van der Waals surface area contributed by atoms with Crippen molar-refractivity contribution in [2.24, 2.45) is 5.92 Å². The molecule has 1 saturated heterocycles. The fraction of sp³-hybridized carbons (Fsp3) is 0.261.